The maximum absolute atomic E-state index is 12.8. The Morgan fingerprint density at radius 1 is 1.32 bits per heavy atom. The van der Waals surface area contributed by atoms with Crippen LogP contribution in [0.25, 0.3) is 0 Å². The molecule has 1 aliphatic heterocycles. The predicted octanol–water partition coefficient (Wildman–Crippen LogP) is 3.59. The lowest BCUT2D eigenvalue weighted by atomic mass is 10.1. The molecule has 2 atom stereocenters. The Kier molecular flexibility index (Phi) is 4.36. The van der Waals surface area contributed by atoms with Gasteiger partial charge in [0.15, 0.2) is 5.15 Å². The predicted molar refractivity (Wildman–Crippen MR) is 89.5 cm³/mol. The molecule has 0 fully saturated rings. The van der Waals surface area contributed by atoms with Crippen molar-refractivity contribution in [2.75, 3.05) is 4.90 Å². The lowest BCUT2D eigenvalue weighted by Crippen LogP contribution is -2.40. The lowest BCUT2D eigenvalue weighted by molar-refractivity contribution is -0.118. The minimum absolute atomic E-state index is 0.0965. The normalized spacial score (nSPS) is 18.1. The van der Waals surface area contributed by atoms with Crippen molar-refractivity contribution in [3.05, 3.63) is 47.1 Å². The molecule has 0 unspecified atom stereocenters. The molecule has 2 heterocycles. The van der Waals surface area contributed by atoms with Crippen molar-refractivity contribution in [2.45, 2.75) is 36.6 Å². The molecule has 3 rings (SSSR count). The Bertz CT molecular complexity index is 692. The number of anilines is 1. The van der Waals surface area contributed by atoms with E-state index in [-0.39, 0.29) is 17.2 Å². The molecule has 0 bridgehead atoms. The van der Waals surface area contributed by atoms with E-state index in [2.05, 4.69) is 23.2 Å². The molecule has 0 radical (unpaired) electrons. The highest BCUT2D eigenvalue weighted by atomic mass is 35.5. The first-order valence-electron chi connectivity index (χ1n) is 7.13. The first-order chi connectivity index (χ1) is 10.6. The topological polar surface area (TPSA) is 46.1 Å². The monoisotopic (exact) mass is 333 g/mol. The molecular formula is C16H16ClN3OS. The van der Waals surface area contributed by atoms with Crippen LogP contribution in [0.1, 0.15) is 19.4 Å². The van der Waals surface area contributed by atoms with Crippen LogP contribution in [0.4, 0.5) is 5.69 Å². The Morgan fingerprint density at radius 3 is 2.82 bits per heavy atom. The second-order valence-corrected chi connectivity index (χ2v) is 7.09. The molecule has 1 amide bonds. The highest BCUT2D eigenvalue weighted by molar-refractivity contribution is 8.00. The number of halogens is 1. The van der Waals surface area contributed by atoms with Crippen molar-refractivity contribution in [1.82, 2.24) is 10.2 Å². The summed E-state index contributed by atoms with van der Waals surface area (Å²) in [4.78, 5) is 14.7. The van der Waals surface area contributed by atoms with Gasteiger partial charge in [0.2, 0.25) is 5.91 Å². The molecule has 2 aromatic rings. The summed E-state index contributed by atoms with van der Waals surface area (Å²) >= 11 is 7.13. The van der Waals surface area contributed by atoms with E-state index in [0.717, 1.165) is 12.1 Å². The summed E-state index contributed by atoms with van der Waals surface area (Å²) in [5.74, 6) is 0.0965. The Balaban J connectivity index is 1.77. The van der Waals surface area contributed by atoms with Crippen LogP contribution in [0.5, 0.6) is 0 Å². The van der Waals surface area contributed by atoms with Crippen LogP contribution in [0.3, 0.4) is 0 Å². The molecule has 0 N–H and O–H groups in total. The van der Waals surface area contributed by atoms with Gasteiger partial charge in [0.25, 0.3) is 0 Å². The van der Waals surface area contributed by atoms with Crippen molar-refractivity contribution in [2.24, 2.45) is 0 Å². The molecule has 114 valence electrons. The maximum atomic E-state index is 12.8. The quantitative estimate of drug-likeness (QED) is 0.805. The zero-order valence-corrected chi connectivity index (χ0v) is 13.9. The number of hydrogen-bond donors (Lipinski definition) is 0. The molecule has 22 heavy (non-hydrogen) atoms. The van der Waals surface area contributed by atoms with Gasteiger partial charge < -0.3 is 4.90 Å². The summed E-state index contributed by atoms with van der Waals surface area (Å²) < 4.78 is 0. The average molecular weight is 334 g/mol. The number of benzene rings is 1. The van der Waals surface area contributed by atoms with Gasteiger partial charge in [-0.2, -0.15) is 0 Å². The summed E-state index contributed by atoms with van der Waals surface area (Å²) in [6.07, 6.45) is 0.903. The van der Waals surface area contributed by atoms with Crippen LogP contribution >= 0.6 is 23.4 Å². The van der Waals surface area contributed by atoms with Crippen molar-refractivity contribution >= 4 is 35.0 Å². The van der Waals surface area contributed by atoms with Crippen molar-refractivity contribution in [3.63, 3.8) is 0 Å². The van der Waals surface area contributed by atoms with E-state index < -0.39 is 0 Å². The van der Waals surface area contributed by atoms with Gasteiger partial charge in [-0.1, -0.05) is 41.6 Å². The molecule has 1 aromatic carbocycles. The van der Waals surface area contributed by atoms with Gasteiger partial charge in [-0.15, -0.1) is 10.2 Å². The average Bonchev–Trinajstić information content (AvgIpc) is 2.84. The van der Waals surface area contributed by atoms with Crippen molar-refractivity contribution in [1.29, 1.82) is 0 Å². The third-order valence-electron chi connectivity index (χ3n) is 3.70. The first-order valence-corrected chi connectivity index (χ1v) is 8.39. The largest absolute Gasteiger partial charge is 0.308 e. The molecule has 0 spiro atoms. The van der Waals surface area contributed by atoms with Crippen LogP contribution < -0.4 is 4.90 Å². The number of rotatable bonds is 3. The molecule has 0 saturated heterocycles. The number of aromatic nitrogens is 2. The SMILES string of the molecule is C[C@@H](Sc1ccc(Cl)nn1)C(=O)N1c2ccccc2C[C@@H]1C. The van der Waals surface area contributed by atoms with Crippen LogP contribution in [0.2, 0.25) is 5.15 Å². The summed E-state index contributed by atoms with van der Waals surface area (Å²) in [7, 11) is 0. The van der Waals surface area contributed by atoms with Gasteiger partial charge >= 0.3 is 0 Å². The van der Waals surface area contributed by atoms with Gasteiger partial charge in [-0.05, 0) is 44.0 Å². The van der Waals surface area contributed by atoms with E-state index in [1.807, 2.05) is 30.0 Å². The van der Waals surface area contributed by atoms with Gasteiger partial charge in [0.05, 0.1) is 5.25 Å². The number of nitrogens with zero attached hydrogens (tertiary/aromatic N) is 3. The van der Waals surface area contributed by atoms with Crippen molar-refractivity contribution < 1.29 is 4.79 Å². The summed E-state index contributed by atoms with van der Waals surface area (Å²) in [6, 6.07) is 11.7. The highest BCUT2D eigenvalue weighted by Gasteiger charge is 2.33. The summed E-state index contributed by atoms with van der Waals surface area (Å²) in [5, 5.41) is 8.63. The fourth-order valence-corrected chi connectivity index (χ4v) is 3.61. The smallest absolute Gasteiger partial charge is 0.240 e. The van der Waals surface area contributed by atoms with Gasteiger partial charge in [-0.25, -0.2) is 0 Å². The van der Waals surface area contributed by atoms with Gasteiger partial charge in [0.1, 0.15) is 5.03 Å². The van der Waals surface area contributed by atoms with Crippen LogP contribution in [0.15, 0.2) is 41.4 Å². The Hall–Kier alpha value is -1.59. The van der Waals surface area contributed by atoms with Gasteiger partial charge in [0, 0.05) is 11.7 Å². The molecule has 6 heteroatoms. The van der Waals surface area contributed by atoms with E-state index in [0.29, 0.717) is 10.2 Å². The fourth-order valence-electron chi connectivity index (χ4n) is 2.70. The van der Waals surface area contributed by atoms with Crippen LogP contribution in [-0.4, -0.2) is 27.4 Å². The number of fused-ring (bicyclic) bond motifs is 1. The van der Waals surface area contributed by atoms with E-state index in [1.165, 1.54) is 17.3 Å². The molecular weight excluding hydrogens is 318 g/mol. The minimum Gasteiger partial charge on any atom is -0.308 e. The van der Waals surface area contributed by atoms with E-state index >= 15 is 0 Å². The molecule has 0 aliphatic carbocycles. The summed E-state index contributed by atoms with van der Waals surface area (Å²) in [5.41, 5.74) is 2.25. The van der Waals surface area contributed by atoms with Crippen molar-refractivity contribution in [3.8, 4) is 0 Å². The van der Waals surface area contributed by atoms with E-state index in [9.17, 15) is 4.79 Å². The van der Waals surface area contributed by atoms with E-state index in [4.69, 9.17) is 11.6 Å². The van der Waals surface area contributed by atoms with E-state index in [1.54, 1.807) is 12.1 Å². The second kappa shape index (κ2) is 6.26. The number of carbonyl (C=O) groups is 1. The minimum atomic E-state index is -0.232. The number of hydrogen-bond acceptors (Lipinski definition) is 4. The van der Waals surface area contributed by atoms with Gasteiger partial charge in [-0.3, -0.25) is 4.79 Å². The Labute approximate surface area is 138 Å². The third-order valence-corrected chi connectivity index (χ3v) is 4.91. The fraction of sp³-hybridized carbons (Fsp3) is 0.312. The zero-order chi connectivity index (χ0) is 15.7. The first kappa shape index (κ1) is 15.3. The molecule has 1 aromatic heterocycles. The number of amides is 1. The van der Waals surface area contributed by atoms with Crippen LogP contribution in [-0.2, 0) is 11.2 Å². The second-order valence-electron chi connectivity index (χ2n) is 5.34. The maximum Gasteiger partial charge on any atom is 0.240 e. The van der Waals surface area contributed by atoms with Crippen LogP contribution in [0, 0.1) is 0 Å². The lowest BCUT2D eigenvalue weighted by Gasteiger charge is -2.25. The molecule has 4 nitrogen and oxygen atoms in total. The Morgan fingerprint density at radius 2 is 2.09 bits per heavy atom. The molecule has 0 saturated carbocycles. The number of para-hydroxylation sites is 1. The highest BCUT2D eigenvalue weighted by Crippen LogP contribution is 2.34. The standard InChI is InChI=1S/C16H16ClN3OS/c1-10-9-12-5-3-4-6-13(12)20(10)16(21)11(2)22-15-8-7-14(17)18-19-15/h3-8,10-11H,9H2,1-2H3/t10-,11+/m0/s1. The third kappa shape index (κ3) is 2.96. The summed E-state index contributed by atoms with van der Waals surface area (Å²) in [6.45, 7) is 3.98. The molecule has 1 aliphatic rings. The zero-order valence-electron chi connectivity index (χ0n) is 12.4. The number of thioether (sulfide) groups is 1. The number of carbonyl (C=O) groups excluding carboxylic acids is 1.